The zero-order chi connectivity index (χ0) is 14.9. The molecule has 3 rings (SSSR count). The number of nitrogens with one attached hydrogen (secondary N) is 1. The van der Waals surface area contributed by atoms with Crippen molar-refractivity contribution in [2.45, 2.75) is 31.7 Å². The van der Waals surface area contributed by atoms with Gasteiger partial charge in [-0.2, -0.15) is 17.4 Å². The van der Waals surface area contributed by atoms with Gasteiger partial charge in [-0.3, -0.25) is 4.79 Å². The van der Waals surface area contributed by atoms with Gasteiger partial charge in [-0.25, -0.2) is 0 Å². The lowest BCUT2D eigenvalue weighted by Crippen LogP contribution is -2.52. The normalized spacial score (nSPS) is 26.0. The van der Waals surface area contributed by atoms with Gasteiger partial charge >= 0.3 is 0 Å². The number of morpholine rings is 1. The first-order valence-corrected chi connectivity index (χ1v) is 9.14. The van der Waals surface area contributed by atoms with Crippen LogP contribution in [0.2, 0.25) is 0 Å². The van der Waals surface area contributed by atoms with Gasteiger partial charge in [0.25, 0.3) is 10.2 Å². The third-order valence-electron chi connectivity index (χ3n) is 4.36. The predicted molar refractivity (Wildman–Crippen MR) is 76.8 cm³/mol. The molecule has 2 saturated heterocycles. The molecular formula is C13H23N3O4S. The van der Waals surface area contributed by atoms with Gasteiger partial charge in [-0.05, 0) is 25.7 Å². The van der Waals surface area contributed by atoms with Gasteiger partial charge in [-0.15, -0.1) is 0 Å². The maximum atomic E-state index is 12.3. The highest BCUT2D eigenvalue weighted by Crippen LogP contribution is 2.31. The lowest BCUT2D eigenvalue weighted by molar-refractivity contribution is -0.133. The fraction of sp³-hybridized carbons (Fsp3) is 0.923. The molecular weight excluding hydrogens is 294 g/mol. The van der Waals surface area contributed by atoms with E-state index in [9.17, 15) is 13.2 Å². The molecule has 0 bridgehead atoms. The summed E-state index contributed by atoms with van der Waals surface area (Å²) < 4.78 is 33.9. The number of carbonyl (C=O) groups excluding carboxylic acids is 1. The van der Waals surface area contributed by atoms with Gasteiger partial charge in [0.2, 0.25) is 5.91 Å². The molecule has 21 heavy (non-hydrogen) atoms. The zero-order valence-electron chi connectivity index (χ0n) is 12.2. The fourth-order valence-corrected chi connectivity index (χ4v) is 4.31. The van der Waals surface area contributed by atoms with Gasteiger partial charge < -0.3 is 9.64 Å². The number of rotatable bonds is 4. The lowest BCUT2D eigenvalue weighted by Gasteiger charge is -2.34. The number of nitrogens with zero attached hydrogens (tertiary/aromatic N) is 2. The summed E-state index contributed by atoms with van der Waals surface area (Å²) >= 11 is 0. The van der Waals surface area contributed by atoms with Crippen LogP contribution in [0, 0.1) is 5.92 Å². The lowest BCUT2D eigenvalue weighted by atomic mass is 10.1. The van der Waals surface area contributed by atoms with Crippen molar-refractivity contribution in [2.75, 3.05) is 39.4 Å². The molecule has 0 atom stereocenters. The summed E-state index contributed by atoms with van der Waals surface area (Å²) in [6.45, 7) is 3.05. The topological polar surface area (TPSA) is 79.0 Å². The molecule has 0 aromatic heterocycles. The smallest absolute Gasteiger partial charge is 0.279 e. The summed E-state index contributed by atoms with van der Waals surface area (Å²) in [5.74, 6) is 0.496. The summed E-state index contributed by atoms with van der Waals surface area (Å²) in [7, 11) is -3.42. The summed E-state index contributed by atoms with van der Waals surface area (Å²) in [6.07, 6.45) is 3.43. The van der Waals surface area contributed by atoms with Crippen molar-refractivity contribution in [1.82, 2.24) is 13.9 Å². The van der Waals surface area contributed by atoms with Crippen LogP contribution in [0.1, 0.15) is 25.7 Å². The Hall–Kier alpha value is -0.700. The second-order valence-corrected chi connectivity index (χ2v) is 7.71. The monoisotopic (exact) mass is 317 g/mol. The molecule has 0 spiro atoms. The number of amides is 1. The van der Waals surface area contributed by atoms with Gasteiger partial charge in [0, 0.05) is 38.1 Å². The van der Waals surface area contributed by atoms with Crippen molar-refractivity contribution >= 4 is 16.1 Å². The van der Waals surface area contributed by atoms with Gasteiger partial charge in [0.1, 0.15) is 0 Å². The second kappa shape index (κ2) is 6.20. The first kappa shape index (κ1) is 15.2. The molecule has 0 radical (unpaired) electrons. The number of carbonyl (C=O) groups is 1. The molecule has 3 fully saturated rings. The molecule has 0 aromatic rings. The van der Waals surface area contributed by atoms with Gasteiger partial charge in [-0.1, -0.05) is 0 Å². The molecule has 0 unspecified atom stereocenters. The Morgan fingerprint density at radius 2 is 1.62 bits per heavy atom. The quantitative estimate of drug-likeness (QED) is 0.762. The highest BCUT2D eigenvalue weighted by atomic mass is 32.2. The molecule has 7 nitrogen and oxygen atoms in total. The van der Waals surface area contributed by atoms with E-state index >= 15 is 0 Å². The molecule has 1 aliphatic carbocycles. The maximum Gasteiger partial charge on any atom is 0.279 e. The summed E-state index contributed by atoms with van der Waals surface area (Å²) in [4.78, 5) is 13.9. The molecule has 3 aliphatic rings. The summed E-state index contributed by atoms with van der Waals surface area (Å²) in [5.41, 5.74) is 0. The van der Waals surface area contributed by atoms with E-state index < -0.39 is 10.2 Å². The third-order valence-corrected chi connectivity index (χ3v) is 6.03. The minimum Gasteiger partial charge on any atom is -0.379 e. The van der Waals surface area contributed by atoms with Crippen molar-refractivity contribution in [2.24, 2.45) is 5.92 Å². The van der Waals surface area contributed by atoms with Crippen LogP contribution in [0.4, 0.5) is 0 Å². The van der Waals surface area contributed by atoms with E-state index in [1.165, 1.54) is 4.31 Å². The summed E-state index contributed by atoms with van der Waals surface area (Å²) in [5, 5.41) is 0. The van der Waals surface area contributed by atoms with Crippen molar-refractivity contribution < 1.29 is 17.9 Å². The van der Waals surface area contributed by atoms with Crippen LogP contribution in [0.5, 0.6) is 0 Å². The number of piperidine rings is 1. The molecule has 120 valence electrons. The Labute approximate surface area is 125 Å². The first-order valence-electron chi connectivity index (χ1n) is 7.70. The Balaban J connectivity index is 1.49. The number of ether oxygens (including phenoxy) is 1. The largest absolute Gasteiger partial charge is 0.379 e. The summed E-state index contributed by atoms with van der Waals surface area (Å²) in [6, 6.07) is -0.0684. The Morgan fingerprint density at radius 3 is 2.19 bits per heavy atom. The molecule has 2 heterocycles. The predicted octanol–water partition coefficient (Wildman–Crippen LogP) is -0.446. The van der Waals surface area contributed by atoms with Gasteiger partial charge in [0.05, 0.1) is 13.2 Å². The van der Waals surface area contributed by atoms with E-state index in [2.05, 4.69) is 4.72 Å². The number of hydrogen-bond donors (Lipinski definition) is 1. The van der Waals surface area contributed by atoms with Crippen LogP contribution < -0.4 is 4.72 Å². The average Bonchev–Trinajstić information content (AvgIpc) is 3.33. The molecule has 8 heteroatoms. The number of likely N-dealkylation sites (tertiary alicyclic amines) is 1. The van der Waals surface area contributed by atoms with Crippen molar-refractivity contribution in [1.29, 1.82) is 0 Å². The van der Waals surface area contributed by atoms with Crippen LogP contribution in [-0.4, -0.2) is 69.0 Å². The second-order valence-electron chi connectivity index (χ2n) is 6.01. The number of hydrogen-bond acceptors (Lipinski definition) is 4. The molecule has 1 amide bonds. The fourth-order valence-electron chi connectivity index (χ4n) is 2.88. The maximum absolute atomic E-state index is 12.3. The standard InChI is InChI=1S/C13H23N3O4S/c17-13(11-1-2-11)15-5-3-12(4-6-15)14-21(18,19)16-7-9-20-10-8-16/h11-12,14H,1-10H2. The van der Waals surface area contributed by atoms with Crippen molar-refractivity contribution in [3.63, 3.8) is 0 Å². The van der Waals surface area contributed by atoms with E-state index in [4.69, 9.17) is 4.74 Å². The van der Waals surface area contributed by atoms with Crippen LogP contribution >= 0.6 is 0 Å². The van der Waals surface area contributed by atoms with Crippen LogP contribution in [0.3, 0.4) is 0 Å². The van der Waals surface area contributed by atoms with E-state index in [0.717, 1.165) is 12.8 Å². The minimum atomic E-state index is -3.42. The Morgan fingerprint density at radius 1 is 1.00 bits per heavy atom. The van der Waals surface area contributed by atoms with Crippen LogP contribution in [-0.2, 0) is 19.7 Å². The Kier molecular flexibility index (Phi) is 4.49. The van der Waals surface area contributed by atoms with Crippen molar-refractivity contribution in [3.05, 3.63) is 0 Å². The zero-order valence-corrected chi connectivity index (χ0v) is 13.0. The average molecular weight is 317 g/mol. The van der Waals surface area contributed by atoms with E-state index in [0.29, 0.717) is 52.2 Å². The van der Waals surface area contributed by atoms with Crippen molar-refractivity contribution in [3.8, 4) is 0 Å². The van der Waals surface area contributed by atoms with E-state index in [-0.39, 0.29) is 17.9 Å². The van der Waals surface area contributed by atoms with E-state index in [1.807, 2.05) is 4.90 Å². The molecule has 0 aromatic carbocycles. The van der Waals surface area contributed by atoms with Crippen LogP contribution in [0.15, 0.2) is 0 Å². The van der Waals surface area contributed by atoms with Crippen LogP contribution in [0.25, 0.3) is 0 Å². The van der Waals surface area contributed by atoms with E-state index in [1.54, 1.807) is 0 Å². The highest BCUT2D eigenvalue weighted by molar-refractivity contribution is 7.87. The first-order chi connectivity index (χ1) is 10.1. The third kappa shape index (κ3) is 3.74. The Bertz CT molecular complexity index is 478. The SMILES string of the molecule is O=C(C1CC1)N1CCC(NS(=O)(=O)N2CCOCC2)CC1. The van der Waals surface area contributed by atoms with Gasteiger partial charge in [0.15, 0.2) is 0 Å². The molecule has 1 saturated carbocycles. The highest BCUT2D eigenvalue weighted by Gasteiger charge is 2.36. The molecule has 2 aliphatic heterocycles. The minimum absolute atomic E-state index is 0.0684. The molecule has 1 N–H and O–H groups in total.